The molecule has 1 aromatic heterocycles. The standard InChI is InChI=1S/C23H25ClFN5O3/c1-2-3-10-17(23(33)27-12-14-7-6-9-16(24)20(14)25)28-19(31)13-30-18-11-5-4-8-15(18)21(29-30)22(26)32/h4-9,11,17H,2-3,10,12-13H2,1H3,(H2,26,32)(H,27,33)(H,28,31). The SMILES string of the molecule is CCCCC(NC(=O)Cn1nc(C(N)=O)c2ccccc21)C(=O)NCc1cccc(Cl)c1F. The second-order valence-electron chi connectivity index (χ2n) is 7.58. The Kier molecular flexibility index (Phi) is 8.00. The van der Waals surface area contributed by atoms with Crippen LogP contribution in [0.5, 0.6) is 0 Å². The predicted octanol–water partition coefficient (Wildman–Crippen LogP) is 2.92. The summed E-state index contributed by atoms with van der Waals surface area (Å²) in [5, 5.41) is 10.1. The van der Waals surface area contributed by atoms with Gasteiger partial charge in [0.15, 0.2) is 5.69 Å². The summed E-state index contributed by atoms with van der Waals surface area (Å²) in [6.07, 6.45) is 1.95. The number of benzene rings is 2. The minimum atomic E-state index is -0.808. The van der Waals surface area contributed by atoms with Gasteiger partial charge >= 0.3 is 0 Å². The number of hydrogen-bond donors (Lipinski definition) is 3. The van der Waals surface area contributed by atoms with E-state index in [9.17, 15) is 18.8 Å². The molecule has 3 aromatic rings. The Hall–Kier alpha value is -3.46. The Bertz CT molecular complexity index is 1180. The molecule has 0 aliphatic heterocycles. The number of aromatic nitrogens is 2. The molecule has 0 aliphatic rings. The van der Waals surface area contributed by atoms with Crippen molar-refractivity contribution in [3.05, 3.63) is 64.6 Å². The van der Waals surface area contributed by atoms with Crippen molar-refractivity contribution in [1.29, 1.82) is 0 Å². The van der Waals surface area contributed by atoms with Crippen LogP contribution >= 0.6 is 11.6 Å². The molecule has 10 heteroatoms. The molecule has 3 rings (SSSR count). The van der Waals surface area contributed by atoms with Gasteiger partial charge in [0, 0.05) is 17.5 Å². The minimum absolute atomic E-state index is 0.0284. The van der Waals surface area contributed by atoms with Crippen LogP contribution in [0.2, 0.25) is 5.02 Å². The number of unbranched alkanes of at least 4 members (excludes halogenated alkanes) is 1. The molecule has 4 N–H and O–H groups in total. The summed E-state index contributed by atoms with van der Waals surface area (Å²) in [6, 6.07) is 10.7. The van der Waals surface area contributed by atoms with E-state index < -0.39 is 29.6 Å². The number of nitrogens with zero attached hydrogens (tertiary/aromatic N) is 2. The number of nitrogens with one attached hydrogen (secondary N) is 2. The predicted molar refractivity (Wildman–Crippen MR) is 123 cm³/mol. The Labute approximate surface area is 195 Å². The highest BCUT2D eigenvalue weighted by Crippen LogP contribution is 2.19. The number of hydrogen-bond acceptors (Lipinski definition) is 4. The van der Waals surface area contributed by atoms with Gasteiger partial charge in [-0.05, 0) is 18.6 Å². The van der Waals surface area contributed by atoms with E-state index in [4.69, 9.17) is 17.3 Å². The van der Waals surface area contributed by atoms with Gasteiger partial charge in [-0.25, -0.2) is 4.39 Å². The van der Waals surface area contributed by atoms with E-state index in [1.54, 1.807) is 30.3 Å². The first kappa shape index (κ1) is 24.2. The Morgan fingerprint density at radius 2 is 1.94 bits per heavy atom. The molecular formula is C23H25ClFN5O3. The second-order valence-corrected chi connectivity index (χ2v) is 7.99. The lowest BCUT2D eigenvalue weighted by atomic mass is 10.1. The van der Waals surface area contributed by atoms with E-state index in [-0.39, 0.29) is 29.4 Å². The van der Waals surface area contributed by atoms with Crippen LogP contribution in [-0.4, -0.2) is 33.5 Å². The molecular weight excluding hydrogens is 449 g/mol. The molecule has 0 spiro atoms. The van der Waals surface area contributed by atoms with Gasteiger partial charge in [-0.1, -0.05) is 61.7 Å². The fourth-order valence-corrected chi connectivity index (χ4v) is 3.67. The summed E-state index contributed by atoms with van der Waals surface area (Å²) < 4.78 is 15.5. The highest BCUT2D eigenvalue weighted by atomic mass is 35.5. The van der Waals surface area contributed by atoms with E-state index >= 15 is 0 Å². The highest BCUT2D eigenvalue weighted by molar-refractivity contribution is 6.30. The lowest BCUT2D eigenvalue weighted by Gasteiger charge is -2.19. The number of amides is 3. The van der Waals surface area contributed by atoms with Gasteiger partial charge < -0.3 is 16.4 Å². The highest BCUT2D eigenvalue weighted by Gasteiger charge is 2.22. The Balaban J connectivity index is 1.70. The number of halogens is 2. The van der Waals surface area contributed by atoms with Gasteiger partial charge in [-0.3, -0.25) is 19.1 Å². The van der Waals surface area contributed by atoms with Gasteiger partial charge in [-0.2, -0.15) is 5.10 Å². The second kappa shape index (κ2) is 10.9. The van der Waals surface area contributed by atoms with Crippen LogP contribution in [0, 0.1) is 5.82 Å². The van der Waals surface area contributed by atoms with E-state index in [1.807, 2.05) is 6.92 Å². The number of carbonyl (C=O) groups excluding carboxylic acids is 3. The molecule has 33 heavy (non-hydrogen) atoms. The van der Waals surface area contributed by atoms with Crippen molar-refractivity contribution >= 4 is 40.2 Å². The summed E-state index contributed by atoms with van der Waals surface area (Å²) in [7, 11) is 0. The van der Waals surface area contributed by atoms with Crippen molar-refractivity contribution in [2.75, 3.05) is 0 Å². The first-order valence-electron chi connectivity index (χ1n) is 10.6. The lowest BCUT2D eigenvalue weighted by Crippen LogP contribution is -2.47. The summed E-state index contributed by atoms with van der Waals surface area (Å²) in [5.41, 5.74) is 6.29. The van der Waals surface area contributed by atoms with Crippen molar-refractivity contribution in [2.24, 2.45) is 5.73 Å². The molecule has 0 aliphatic carbocycles. The Morgan fingerprint density at radius 3 is 2.67 bits per heavy atom. The van der Waals surface area contributed by atoms with Crippen LogP contribution in [0.4, 0.5) is 4.39 Å². The normalized spacial score (nSPS) is 11.8. The van der Waals surface area contributed by atoms with Gasteiger partial charge in [0.1, 0.15) is 18.4 Å². The minimum Gasteiger partial charge on any atom is -0.364 e. The maximum absolute atomic E-state index is 14.1. The van der Waals surface area contributed by atoms with Crippen LogP contribution in [0.3, 0.4) is 0 Å². The largest absolute Gasteiger partial charge is 0.364 e. The molecule has 1 unspecified atom stereocenters. The molecule has 0 saturated carbocycles. The molecule has 0 saturated heterocycles. The van der Waals surface area contributed by atoms with Crippen LogP contribution in [0.15, 0.2) is 42.5 Å². The summed E-state index contributed by atoms with van der Waals surface area (Å²) >= 11 is 5.79. The molecule has 1 atom stereocenters. The first-order valence-corrected chi connectivity index (χ1v) is 10.9. The molecule has 3 amide bonds. The van der Waals surface area contributed by atoms with E-state index in [0.717, 1.165) is 6.42 Å². The van der Waals surface area contributed by atoms with Gasteiger partial charge in [0.25, 0.3) is 5.91 Å². The average molecular weight is 474 g/mol. The monoisotopic (exact) mass is 473 g/mol. The van der Waals surface area contributed by atoms with Crippen molar-refractivity contribution in [2.45, 2.75) is 45.3 Å². The van der Waals surface area contributed by atoms with Crippen molar-refractivity contribution in [3.63, 3.8) is 0 Å². The molecule has 174 valence electrons. The molecule has 0 bridgehead atoms. The zero-order chi connectivity index (χ0) is 24.0. The molecule has 0 fully saturated rings. The van der Waals surface area contributed by atoms with Crippen molar-refractivity contribution in [3.8, 4) is 0 Å². The number of primary amides is 1. The zero-order valence-corrected chi connectivity index (χ0v) is 18.9. The number of fused-ring (bicyclic) bond motifs is 1. The molecule has 0 radical (unpaired) electrons. The van der Waals surface area contributed by atoms with Gasteiger partial charge in [0.2, 0.25) is 11.8 Å². The van der Waals surface area contributed by atoms with E-state index in [1.165, 1.54) is 16.8 Å². The Morgan fingerprint density at radius 1 is 1.18 bits per heavy atom. The van der Waals surface area contributed by atoms with Gasteiger partial charge in [-0.15, -0.1) is 0 Å². The third-order valence-electron chi connectivity index (χ3n) is 5.17. The van der Waals surface area contributed by atoms with Crippen LogP contribution in [0.25, 0.3) is 10.9 Å². The summed E-state index contributed by atoms with van der Waals surface area (Å²) in [5.74, 6) is -2.17. The summed E-state index contributed by atoms with van der Waals surface area (Å²) in [4.78, 5) is 37.2. The van der Waals surface area contributed by atoms with E-state index in [0.29, 0.717) is 23.7 Å². The van der Waals surface area contributed by atoms with Crippen LogP contribution in [-0.2, 0) is 22.7 Å². The fourth-order valence-electron chi connectivity index (χ4n) is 3.47. The van der Waals surface area contributed by atoms with Crippen molar-refractivity contribution < 1.29 is 18.8 Å². The number of carbonyl (C=O) groups is 3. The zero-order valence-electron chi connectivity index (χ0n) is 18.1. The maximum atomic E-state index is 14.1. The third-order valence-corrected chi connectivity index (χ3v) is 5.46. The molecule has 1 heterocycles. The third kappa shape index (κ3) is 5.87. The molecule has 2 aromatic carbocycles. The molecule has 8 nitrogen and oxygen atoms in total. The number of para-hydroxylation sites is 1. The van der Waals surface area contributed by atoms with Crippen molar-refractivity contribution in [1.82, 2.24) is 20.4 Å². The quantitative estimate of drug-likeness (QED) is 0.419. The van der Waals surface area contributed by atoms with E-state index in [2.05, 4.69) is 15.7 Å². The van der Waals surface area contributed by atoms with Gasteiger partial charge in [0.05, 0.1) is 10.5 Å². The summed E-state index contributed by atoms with van der Waals surface area (Å²) in [6.45, 7) is 1.71. The van der Waals surface area contributed by atoms with Crippen LogP contribution in [0.1, 0.15) is 42.2 Å². The number of nitrogens with two attached hydrogens (primary N) is 1. The first-order chi connectivity index (χ1) is 15.8. The maximum Gasteiger partial charge on any atom is 0.269 e. The van der Waals surface area contributed by atoms with Crippen LogP contribution < -0.4 is 16.4 Å². The average Bonchev–Trinajstić information content (AvgIpc) is 3.16. The number of rotatable bonds is 10. The topological polar surface area (TPSA) is 119 Å². The fraction of sp³-hybridized carbons (Fsp3) is 0.304. The smallest absolute Gasteiger partial charge is 0.269 e. The lowest BCUT2D eigenvalue weighted by molar-refractivity contribution is -0.129.